The third-order valence-electron chi connectivity index (χ3n) is 3.47. The van der Waals surface area contributed by atoms with Gasteiger partial charge in [-0.2, -0.15) is 5.26 Å². The highest BCUT2D eigenvalue weighted by molar-refractivity contribution is 5.04. The first-order chi connectivity index (χ1) is 8.59. The molecule has 0 spiro atoms. The van der Waals surface area contributed by atoms with E-state index in [1.807, 2.05) is 20.8 Å². The van der Waals surface area contributed by atoms with E-state index in [9.17, 15) is 5.26 Å². The number of nitrogens with one attached hydrogen (secondary N) is 1. The van der Waals surface area contributed by atoms with Gasteiger partial charge < -0.3 is 9.47 Å². The second-order valence-corrected chi connectivity index (χ2v) is 5.38. The molecule has 1 aliphatic rings. The van der Waals surface area contributed by atoms with Crippen LogP contribution in [0.2, 0.25) is 0 Å². The van der Waals surface area contributed by atoms with Crippen molar-refractivity contribution in [3.05, 3.63) is 0 Å². The van der Waals surface area contributed by atoms with Gasteiger partial charge in [0, 0.05) is 26.2 Å². The van der Waals surface area contributed by atoms with Crippen LogP contribution in [0.4, 0.5) is 0 Å². The van der Waals surface area contributed by atoms with Crippen LogP contribution in [0.5, 0.6) is 0 Å². The minimum absolute atomic E-state index is 0.108. The Bertz CT molecular complexity index is 271. The first-order valence-electron chi connectivity index (χ1n) is 6.95. The van der Waals surface area contributed by atoms with Crippen molar-refractivity contribution in [2.24, 2.45) is 5.92 Å². The van der Waals surface area contributed by atoms with Crippen LogP contribution in [0.15, 0.2) is 0 Å². The third kappa shape index (κ3) is 5.34. The molecule has 0 aliphatic carbocycles. The minimum atomic E-state index is -0.482. The Balaban J connectivity index is 2.27. The summed E-state index contributed by atoms with van der Waals surface area (Å²) in [7, 11) is 0. The first-order valence-corrected chi connectivity index (χ1v) is 6.95. The molecular formula is C14H26N2O2. The highest BCUT2D eigenvalue weighted by Crippen LogP contribution is 2.18. The van der Waals surface area contributed by atoms with E-state index in [1.165, 1.54) is 0 Å². The van der Waals surface area contributed by atoms with Gasteiger partial charge in [-0.3, -0.25) is 5.32 Å². The van der Waals surface area contributed by atoms with Crippen molar-refractivity contribution in [2.45, 2.75) is 51.7 Å². The lowest BCUT2D eigenvalue weighted by atomic mass is 9.96. The van der Waals surface area contributed by atoms with Gasteiger partial charge in [-0.25, -0.2) is 0 Å². The maximum atomic E-state index is 9.20. The van der Waals surface area contributed by atoms with E-state index in [0.29, 0.717) is 5.92 Å². The molecule has 0 aromatic heterocycles. The molecule has 0 bridgehead atoms. The average Bonchev–Trinajstić information content (AvgIpc) is 2.38. The molecule has 1 N–H and O–H groups in total. The second kappa shape index (κ2) is 7.73. The van der Waals surface area contributed by atoms with E-state index < -0.39 is 5.54 Å². The van der Waals surface area contributed by atoms with Gasteiger partial charge in [-0.15, -0.1) is 0 Å². The Kier molecular flexibility index (Phi) is 6.62. The molecule has 4 heteroatoms. The molecule has 2 atom stereocenters. The van der Waals surface area contributed by atoms with Crippen molar-refractivity contribution in [2.75, 3.05) is 26.4 Å². The Morgan fingerprint density at radius 2 is 2.17 bits per heavy atom. The number of hydrogen-bond acceptors (Lipinski definition) is 4. The largest absolute Gasteiger partial charge is 0.381 e. The van der Waals surface area contributed by atoms with Crippen LogP contribution < -0.4 is 5.32 Å². The lowest BCUT2D eigenvalue weighted by molar-refractivity contribution is -0.0122. The van der Waals surface area contributed by atoms with Crippen LogP contribution in [-0.4, -0.2) is 38.0 Å². The monoisotopic (exact) mass is 254 g/mol. The van der Waals surface area contributed by atoms with Gasteiger partial charge in [0.05, 0.1) is 12.2 Å². The van der Waals surface area contributed by atoms with Crippen molar-refractivity contribution in [3.63, 3.8) is 0 Å². The number of ether oxygens (including phenoxy) is 2. The maximum Gasteiger partial charge on any atom is 0.106 e. The van der Waals surface area contributed by atoms with E-state index in [0.717, 1.165) is 45.6 Å². The smallest absolute Gasteiger partial charge is 0.106 e. The predicted octanol–water partition coefficient (Wildman–Crippen LogP) is 2.10. The lowest BCUT2D eigenvalue weighted by Gasteiger charge is -2.28. The summed E-state index contributed by atoms with van der Waals surface area (Å²) in [5.41, 5.74) is -0.482. The molecule has 0 aromatic carbocycles. The zero-order chi connectivity index (χ0) is 13.4. The summed E-state index contributed by atoms with van der Waals surface area (Å²) in [5.74, 6) is 0.619. The van der Waals surface area contributed by atoms with Crippen molar-refractivity contribution < 1.29 is 9.47 Å². The van der Waals surface area contributed by atoms with E-state index in [4.69, 9.17) is 9.47 Å². The van der Waals surface area contributed by atoms with Gasteiger partial charge in [0.15, 0.2) is 0 Å². The summed E-state index contributed by atoms with van der Waals surface area (Å²) < 4.78 is 11.2. The lowest BCUT2D eigenvalue weighted by Crippen LogP contribution is -2.43. The quantitative estimate of drug-likeness (QED) is 0.756. The molecule has 1 saturated heterocycles. The van der Waals surface area contributed by atoms with Crippen LogP contribution in [0.1, 0.15) is 40.0 Å². The van der Waals surface area contributed by atoms with Gasteiger partial charge in [-0.05, 0) is 39.2 Å². The van der Waals surface area contributed by atoms with E-state index in [2.05, 4.69) is 11.4 Å². The molecule has 0 aromatic rings. The zero-order valence-electron chi connectivity index (χ0n) is 11.9. The normalized spacial score (nSPS) is 22.1. The molecule has 1 rings (SSSR count). The molecule has 2 unspecified atom stereocenters. The SMILES string of the molecule is CCNC(C)(C#N)CC(C)OCC1CCOCC1. The summed E-state index contributed by atoms with van der Waals surface area (Å²) in [6, 6.07) is 2.34. The fourth-order valence-electron chi connectivity index (χ4n) is 2.39. The molecule has 0 saturated carbocycles. The molecule has 18 heavy (non-hydrogen) atoms. The summed E-state index contributed by atoms with van der Waals surface area (Å²) in [6.07, 6.45) is 3.02. The molecule has 1 aliphatic heterocycles. The van der Waals surface area contributed by atoms with Crippen LogP contribution in [0.25, 0.3) is 0 Å². The molecule has 104 valence electrons. The van der Waals surface area contributed by atoms with E-state index in [-0.39, 0.29) is 6.10 Å². The summed E-state index contributed by atoms with van der Waals surface area (Å²) in [6.45, 7) is 9.31. The number of hydrogen-bond donors (Lipinski definition) is 1. The standard InChI is InChI=1S/C14H26N2O2/c1-4-16-14(3,11-15)9-12(2)18-10-13-5-7-17-8-6-13/h12-13,16H,4-10H2,1-3H3. The van der Waals surface area contributed by atoms with Crippen LogP contribution in [-0.2, 0) is 9.47 Å². The number of nitriles is 1. The summed E-state index contributed by atoms with van der Waals surface area (Å²) in [5, 5.41) is 12.4. The van der Waals surface area contributed by atoms with Gasteiger partial charge in [-0.1, -0.05) is 6.92 Å². The Morgan fingerprint density at radius 1 is 1.50 bits per heavy atom. The fourth-order valence-corrected chi connectivity index (χ4v) is 2.39. The Labute approximate surface area is 111 Å². The topological polar surface area (TPSA) is 54.3 Å². The minimum Gasteiger partial charge on any atom is -0.381 e. The molecule has 1 fully saturated rings. The maximum absolute atomic E-state index is 9.20. The molecule has 0 amide bonds. The first kappa shape index (κ1) is 15.4. The predicted molar refractivity (Wildman–Crippen MR) is 71.3 cm³/mol. The number of rotatable bonds is 7. The van der Waals surface area contributed by atoms with Crippen LogP contribution in [0.3, 0.4) is 0 Å². The third-order valence-corrected chi connectivity index (χ3v) is 3.47. The highest BCUT2D eigenvalue weighted by atomic mass is 16.5. The van der Waals surface area contributed by atoms with Crippen molar-refractivity contribution in [3.8, 4) is 6.07 Å². The second-order valence-electron chi connectivity index (χ2n) is 5.38. The van der Waals surface area contributed by atoms with Gasteiger partial charge in [0.2, 0.25) is 0 Å². The number of nitrogens with zero attached hydrogens (tertiary/aromatic N) is 1. The van der Waals surface area contributed by atoms with E-state index >= 15 is 0 Å². The van der Waals surface area contributed by atoms with Crippen LogP contribution >= 0.6 is 0 Å². The van der Waals surface area contributed by atoms with Crippen molar-refractivity contribution in [1.29, 1.82) is 5.26 Å². The molecule has 4 nitrogen and oxygen atoms in total. The average molecular weight is 254 g/mol. The van der Waals surface area contributed by atoms with Crippen molar-refractivity contribution >= 4 is 0 Å². The highest BCUT2D eigenvalue weighted by Gasteiger charge is 2.26. The van der Waals surface area contributed by atoms with Gasteiger partial charge >= 0.3 is 0 Å². The molecule has 0 radical (unpaired) electrons. The summed E-state index contributed by atoms with van der Waals surface area (Å²) in [4.78, 5) is 0. The zero-order valence-corrected chi connectivity index (χ0v) is 11.9. The van der Waals surface area contributed by atoms with E-state index in [1.54, 1.807) is 0 Å². The van der Waals surface area contributed by atoms with Gasteiger partial charge in [0.1, 0.15) is 5.54 Å². The fraction of sp³-hybridized carbons (Fsp3) is 0.929. The Morgan fingerprint density at radius 3 is 2.72 bits per heavy atom. The Hall–Kier alpha value is -0.630. The molecular weight excluding hydrogens is 228 g/mol. The summed E-state index contributed by atoms with van der Waals surface area (Å²) >= 11 is 0. The van der Waals surface area contributed by atoms with Crippen molar-refractivity contribution in [1.82, 2.24) is 5.32 Å². The van der Waals surface area contributed by atoms with Crippen LogP contribution in [0, 0.1) is 17.2 Å². The van der Waals surface area contributed by atoms with Gasteiger partial charge in [0.25, 0.3) is 0 Å². The molecule has 1 heterocycles.